The lowest BCUT2D eigenvalue weighted by atomic mass is 10.3. The highest BCUT2D eigenvalue weighted by Gasteiger charge is 2.37. The fraction of sp³-hybridized carbons (Fsp3) is 0.625. The summed E-state index contributed by atoms with van der Waals surface area (Å²) >= 11 is 3.32. The maximum absolute atomic E-state index is 5.47. The first-order valence-electron chi connectivity index (χ1n) is 3.82. The number of hydrogen-bond acceptors (Lipinski definition) is 2. The van der Waals surface area contributed by atoms with Gasteiger partial charge in [0, 0.05) is 5.92 Å². The Balaban J connectivity index is 2.13. The Morgan fingerprint density at radius 1 is 1.82 bits per heavy atom. The highest BCUT2D eigenvalue weighted by molar-refractivity contribution is 9.08. The van der Waals surface area contributed by atoms with Crippen molar-refractivity contribution in [2.24, 2.45) is 5.92 Å². The van der Waals surface area contributed by atoms with Crippen LogP contribution in [0.25, 0.3) is 0 Å². The molecule has 0 amide bonds. The maximum Gasteiger partial charge on any atom is 0.197 e. The largest absolute Gasteiger partial charge is 0.445 e. The minimum atomic E-state index is 0.600. The molecule has 1 saturated carbocycles. The molecule has 60 valence electrons. The average molecular weight is 216 g/mol. The summed E-state index contributed by atoms with van der Waals surface area (Å²) in [6.45, 7) is 2.22. The van der Waals surface area contributed by atoms with Gasteiger partial charge in [0.05, 0.1) is 11.5 Å². The number of nitrogens with zero attached hydrogens (tertiary/aromatic N) is 1. The molecule has 1 aliphatic carbocycles. The summed E-state index contributed by atoms with van der Waals surface area (Å²) in [6, 6.07) is 0. The van der Waals surface area contributed by atoms with E-state index in [1.807, 2.05) is 0 Å². The normalized spacial score (nSPS) is 28.9. The van der Waals surface area contributed by atoms with Crippen LogP contribution in [0.2, 0.25) is 0 Å². The van der Waals surface area contributed by atoms with Crippen LogP contribution in [0.3, 0.4) is 0 Å². The molecule has 1 aromatic heterocycles. The Morgan fingerprint density at radius 2 is 2.55 bits per heavy atom. The van der Waals surface area contributed by atoms with Crippen LogP contribution in [0.15, 0.2) is 10.6 Å². The zero-order valence-electron chi connectivity index (χ0n) is 6.38. The zero-order valence-corrected chi connectivity index (χ0v) is 7.97. The van der Waals surface area contributed by atoms with Crippen molar-refractivity contribution in [2.45, 2.75) is 24.6 Å². The predicted octanol–water partition coefficient (Wildman–Crippen LogP) is 2.69. The van der Waals surface area contributed by atoms with E-state index in [4.69, 9.17) is 4.42 Å². The van der Waals surface area contributed by atoms with Crippen molar-refractivity contribution in [1.29, 1.82) is 0 Å². The van der Waals surface area contributed by atoms with Gasteiger partial charge in [0.25, 0.3) is 0 Å². The summed E-state index contributed by atoms with van der Waals surface area (Å²) in [5.41, 5.74) is 0. The van der Waals surface area contributed by atoms with Crippen molar-refractivity contribution in [2.75, 3.05) is 0 Å². The van der Waals surface area contributed by atoms with E-state index >= 15 is 0 Å². The van der Waals surface area contributed by atoms with Gasteiger partial charge >= 0.3 is 0 Å². The van der Waals surface area contributed by atoms with Gasteiger partial charge in [-0.15, -0.1) is 0 Å². The summed E-state index contributed by atoms with van der Waals surface area (Å²) in [7, 11) is 0. The lowest BCUT2D eigenvalue weighted by Crippen LogP contribution is -1.77. The lowest BCUT2D eigenvalue weighted by molar-refractivity contribution is 0.466. The summed E-state index contributed by atoms with van der Waals surface area (Å²) in [5, 5.41) is 0.765. The van der Waals surface area contributed by atoms with Gasteiger partial charge in [-0.25, -0.2) is 4.98 Å². The molecule has 3 heteroatoms. The molecule has 0 saturated heterocycles. The van der Waals surface area contributed by atoms with Crippen LogP contribution in [0.4, 0.5) is 0 Å². The summed E-state index contributed by atoms with van der Waals surface area (Å²) < 4.78 is 5.47. The number of alkyl halides is 1. The molecule has 2 atom stereocenters. The fourth-order valence-electron chi connectivity index (χ4n) is 1.22. The van der Waals surface area contributed by atoms with E-state index in [9.17, 15) is 0 Å². The van der Waals surface area contributed by atoms with E-state index in [2.05, 4.69) is 27.8 Å². The van der Waals surface area contributed by atoms with E-state index in [1.54, 1.807) is 6.20 Å². The molecule has 0 spiro atoms. The van der Waals surface area contributed by atoms with Crippen molar-refractivity contribution >= 4 is 15.9 Å². The second-order valence-electron chi connectivity index (χ2n) is 3.12. The van der Waals surface area contributed by atoms with Gasteiger partial charge in [-0.3, -0.25) is 0 Å². The summed E-state index contributed by atoms with van der Waals surface area (Å²) in [6.07, 6.45) is 3.04. The van der Waals surface area contributed by atoms with Crippen molar-refractivity contribution in [3.05, 3.63) is 17.8 Å². The van der Waals surface area contributed by atoms with Gasteiger partial charge < -0.3 is 4.42 Å². The molecule has 1 heterocycles. The van der Waals surface area contributed by atoms with Gasteiger partial charge in [0.1, 0.15) is 5.76 Å². The lowest BCUT2D eigenvalue weighted by Gasteiger charge is -1.87. The number of halogens is 1. The fourth-order valence-corrected chi connectivity index (χ4v) is 1.48. The molecule has 0 radical (unpaired) electrons. The molecule has 2 nitrogen and oxygen atoms in total. The standard InChI is InChI=1S/C8H10BrNO/c1-5-2-7(5)8-10-4-6(3-9)11-8/h4-5,7H,2-3H2,1H3/t5-,7+/m0/s1. The first-order chi connectivity index (χ1) is 5.31. The Hall–Kier alpha value is -0.310. The quantitative estimate of drug-likeness (QED) is 0.710. The highest BCUT2D eigenvalue weighted by Crippen LogP contribution is 2.46. The van der Waals surface area contributed by atoms with Crippen LogP contribution < -0.4 is 0 Å². The van der Waals surface area contributed by atoms with E-state index in [1.165, 1.54) is 6.42 Å². The third-order valence-corrected chi connectivity index (χ3v) is 2.68. The summed E-state index contributed by atoms with van der Waals surface area (Å²) in [4.78, 5) is 4.20. The number of rotatable bonds is 2. The molecule has 0 aliphatic heterocycles. The minimum Gasteiger partial charge on any atom is -0.445 e. The van der Waals surface area contributed by atoms with E-state index in [0.29, 0.717) is 5.92 Å². The topological polar surface area (TPSA) is 26.0 Å². The molecule has 2 rings (SSSR count). The van der Waals surface area contributed by atoms with Crippen LogP contribution >= 0.6 is 15.9 Å². The number of aromatic nitrogens is 1. The van der Waals surface area contributed by atoms with Gasteiger partial charge in [-0.2, -0.15) is 0 Å². The first-order valence-corrected chi connectivity index (χ1v) is 4.94. The van der Waals surface area contributed by atoms with Gasteiger partial charge in [0.2, 0.25) is 0 Å². The molecule has 11 heavy (non-hydrogen) atoms. The van der Waals surface area contributed by atoms with Crippen LogP contribution in [0.1, 0.15) is 30.9 Å². The van der Waals surface area contributed by atoms with Gasteiger partial charge in [-0.05, 0) is 12.3 Å². The van der Waals surface area contributed by atoms with Crippen LogP contribution in [-0.4, -0.2) is 4.98 Å². The van der Waals surface area contributed by atoms with Gasteiger partial charge in [0.15, 0.2) is 5.89 Å². The van der Waals surface area contributed by atoms with E-state index < -0.39 is 0 Å². The summed E-state index contributed by atoms with van der Waals surface area (Å²) in [5.74, 6) is 3.23. The van der Waals surface area contributed by atoms with Crippen LogP contribution in [-0.2, 0) is 5.33 Å². The Bertz CT molecular complexity index is 258. The molecular formula is C8H10BrNO. The number of hydrogen-bond donors (Lipinski definition) is 0. The third-order valence-electron chi connectivity index (χ3n) is 2.13. The molecule has 1 aliphatic rings. The SMILES string of the molecule is C[C@H]1C[C@H]1c1ncc(CBr)o1. The Labute approximate surface area is 74.1 Å². The smallest absolute Gasteiger partial charge is 0.197 e. The first kappa shape index (κ1) is 7.35. The third kappa shape index (κ3) is 1.34. The van der Waals surface area contributed by atoms with Crippen LogP contribution in [0, 0.1) is 5.92 Å². The second-order valence-corrected chi connectivity index (χ2v) is 3.68. The molecule has 0 unspecified atom stereocenters. The van der Waals surface area contributed by atoms with Crippen molar-refractivity contribution < 1.29 is 4.42 Å². The highest BCUT2D eigenvalue weighted by atomic mass is 79.9. The minimum absolute atomic E-state index is 0.600. The monoisotopic (exact) mass is 215 g/mol. The maximum atomic E-state index is 5.47. The molecular weight excluding hydrogens is 206 g/mol. The molecule has 1 aromatic rings. The average Bonchev–Trinajstić information content (AvgIpc) is 2.59. The Morgan fingerprint density at radius 3 is 3.00 bits per heavy atom. The second kappa shape index (κ2) is 2.63. The van der Waals surface area contributed by atoms with Crippen LogP contribution in [0.5, 0.6) is 0 Å². The van der Waals surface area contributed by atoms with E-state index in [0.717, 1.165) is 22.9 Å². The van der Waals surface area contributed by atoms with Gasteiger partial charge in [-0.1, -0.05) is 22.9 Å². The van der Waals surface area contributed by atoms with Crippen molar-refractivity contribution in [3.63, 3.8) is 0 Å². The molecule has 0 aromatic carbocycles. The van der Waals surface area contributed by atoms with E-state index in [-0.39, 0.29) is 0 Å². The number of oxazole rings is 1. The Kier molecular flexibility index (Phi) is 1.75. The van der Waals surface area contributed by atoms with Crippen molar-refractivity contribution in [3.8, 4) is 0 Å². The molecule has 1 fully saturated rings. The molecule has 0 bridgehead atoms. The molecule has 0 N–H and O–H groups in total. The zero-order chi connectivity index (χ0) is 7.84. The predicted molar refractivity (Wildman–Crippen MR) is 45.7 cm³/mol. The van der Waals surface area contributed by atoms with Crippen molar-refractivity contribution in [1.82, 2.24) is 4.98 Å².